The fourth-order valence-electron chi connectivity index (χ4n) is 2.61. The molecule has 3 aliphatic heterocycles. The molecule has 3 unspecified atom stereocenters. The maximum Gasteiger partial charge on any atom is 0.119 e. The van der Waals surface area contributed by atoms with Crippen molar-refractivity contribution in [2.45, 2.75) is 59.4 Å². The van der Waals surface area contributed by atoms with E-state index < -0.39 is 0 Å². The van der Waals surface area contributed by atoms with E-state index in [2.05, 4.69) is 34.6 Å². The lowest BCUT2D eigenvalue weighted by Gasteiger charge is -2.01. The summed E-state index contributed by atoms with van der Waals surface area (Å²) in [5.74, 6) is 3.59. The van der Waals surface area contributed by atoms with Gasteiger partial charge in [0.1, 0.15) is 55.4 Å². The van der Waals surface area contributed by atoms with Crippen LogP contribution in [-0.4, -0.2) is 58.0 Å². The van der Waals surface area contributed by atoms with Crippen LogP contribution in [0.15, 0.2) is 91.0 Å². The van der Waals surface area contributed by atoms with Crippen molar-refractivity contribution in [3.8, 4) is 17.2 Å². The summed E-state index contributed by atoms with van der Waals surface area (Å²) in [5, 5.41) is 0. The third kappa shape index (κ3) is 19.9. The SMILES string of the molecule is CC(C)C.CCC.c1ccc(OCC2CO2)cc1.c1ccc(OCC2CO2)cc1.c1ccc(OCC2CO2)cc1. The largest absolute Gasteiger partial charge is 0.491 e. The Hall–Kier alpha value is -3.06. The van der Waals surface area contributed by atoms with E-state index in [0.717, 1.165) is 43.0 Å². The van der Waals surface area contributed by atoms with Gasteiger partial charge in [0, 0.05) is 0 Å². The molecular weight excluding hydrogens is 504 g/mol. The van der Waals surface area contributed by atoms with Crippen molar-refractivity contribution in [2.75, 3.05) is 39.6 Å². The Morgan fingerprint density at radius 2 is 0.725 bits per heavy atom. The Morgan fingerprint density at radius 1 is 0.525 bits per heavy atom. The van der Waals surface area contributed by atoms with E-state index in [4.69, 9.17) is 28.4 Å². The van der Waals surface area contributed by atoms with Gasteiger partial charge in [0.15, 0.2) is 0 Å². The van der Waals surface area contributed by atoms with Gasteiger partial charge < -0.3 is 28.4 Å². The Morgan fingerprint density at radius 3 is 0.900 bits per heavy atom. The van der Waals surface area contributed by atoms with Gasteiger partial charge in [0.25, 0.3) is 0 Å². The summed E-state index contributed by atoms with van der Waals surface area (Å²) in [4.78, 5) is 0. The van der Waals surface area contributed by atoms with E-state index >= 15 is 0 Å². The quantitative estimate of drug-likeness (QED) is 0.257. The minimum Gasteiger partial charge on any atom is -0.491 e. The third-order valence-corrected chi connectivity index (χ3v) is 4.74. The average molecular weight is 553 g/mol. The monoisotopic (exact) mass is 552 g/mol. The van der Waals surface area contributed by atoms with Crippen LogP contribution in [-0.2, 0) is 14.2 Å². The number of rotatable bonds is 9. The molecule has 3 aromatic rings. The van der Waals surface area contributed by atoms with Gasteiger partial charge in [-0.2, -0.15) is 0 Å². The molecule has 3 heterocycles. The maximum absolute atomic E-state index is 5.40. The Labute approximate surface area is 241 Å². The predicted octanol–water partition coefficient (Wildman–Crippen LogP) is 7.47. The van der Waals surface area contributed by atoms with Crippen LogP contribution in [0.5, 0.6) is 17.2 Å². The molecule has 0 amide bonds. The lowest BCUT2D eigenvalue weighted by molar-refractivity contribution is 0.263. The molecule has 0 saturated carbocycles. The van der Waals surface area contributed by atoms with Crippen molar-refractivity contribution in [1.29, 1.82) is 0 Å². The second-order valence-corrected chi connectivity index (χ2v) is 10.2. The molecule has 0 bridgehead atoms. The molecule has 3 fully saturated rings. The number of para-hydroxylation sites is 3. The van der Waals surface area contributed by atoms with Crippen molar-refractivity contribution < 1.29 is 28.4 Å². The lowest BCUT2D eigenvalue weighted by Crippen LogP contribution is -2.03. The van der Waals surface area contributed by atoms with E-state index in [-0.39, 0.29) is 0 Å². The zero-order valence-electron chi connectivity index (χ0n) is 24.9. The Balaban J connectivity index is 0.000000188. The summed E-state index contributed by atoms with van der Waals surface area (Å²) in [7, 11) is 0. The highest BCUT2D eigenvalue weighted by atomic mass is 16.6. The van der Waals surface area contributed by atoms with Crippen molar-refractivity contribution in [2.24, 2.45) is 5.92 Å². The number of epoxide rings is 3. The Bertz CT molecular complexity index is 830. The van der Waals surface area contributed by atoms with Crippen LogP contribution in [0, 0.1) is 5.92 Å². The molecule has 220 valence electrons. The molecule has 6 heteroatoms. The first-order valence-electron chi connectivity index (χ1n) is 14.4. The molecule has 3 aliphatic rings. The van der Waals surface area contributed by atoms with Gasteiger partial charge in [-0.05, 0) is 42.3 Å². The molecule has 0 spiro atoms. The highest BCUT2D eigenvalue weighted by Gasteiger charge is 2.24. The van der Waals surface area contributed by atoms with E-state index in [1.807, 2.05) is 91.0 Å². The second-order valence-electron chi connectivity index (χ2n) is 10.2. The normalized spacial score (nSPS) is 18.9. The fourth-order valence-corrected chi connectivity index (χ4v) is 2.61. The summed E-state index contributed by atoms with van der Waals surface area (Å²) < 4.78 is 31.2. The lowest BCUT2D eigenvalue weighted by atomic mass is 10.3. The van der Waals surface area contributed by atoms with Gasteiger partial charge in [-0.1, -0.05) is 95.6 Å². The molecule has 6 nitrogen and oxygen atoms in total. The topological polar surface area (TPSA) is 65.3 Å². The van der Waals surface area contributed by atoms with Crippen molar-refractivity contribution in [3.63, 3.8) is 0 Å². The number of benzene rings is 3. The first kappa shape index (κ1) is 33.1. The zero-order valence-corrected chi connectivity index (χ0v) is 24.9. The molecule has 0 aromatic heterocycles. The van der Waals surface area contributed by atoms with Gasteiger partial charge in [0.05, 0.1) is 19.8 Å². The van der Waals surface area contributed by atoms with Gasteiger partial charge in [0.2, 0.25) is 0 Å². The van der Waals surface area contributed by atoms with Crippen LogP contribution in [0.4, 0.5) is 0 Å². The van der Waals surface area contributed by atoms with Crippen LogP contribution < -0.4 is 14.2 Å². The number of ether oxygens (including phenoxy) is 6. The molecule has 3 aromatic carbocycles. The standard InChI is InChI=1S/3C9H10O2.C4H10.C3H8/c3*1-2-4-8(5-3-1)10-6-9-7-11-9;1-4(2)3;1-3-2/h3*1-5,9H,6-7H2;4H,1-3H3;3H2,1-2H3. The molecule has 0 radical (unpaired) electrons. The first-order valence-corrected chi connectivity index (χ1v) is 14.4. The number of hydrogen-bond acceptors (Lipinski definition) is 6. The zero-order chi connectivity index (χ0) is 28.8. The molecule has 3 atom stereocenters. The summed E-state index contributed by atoms with van der Waals surface area (Å²) >= 11 is 0. The summed E-state index contributed by atoms with van der Waals surface area (Å²) in [6.07, 6.45) is 2.28. The van der Waals surface area contributed by atoms with Crippen LogP contribution in [0.3, 0.4) is 0 Å². The van der Waals surface area contributed by atoms with Crippen LogP contribution in [0.2, 0.25) is 0 Å². The smallest absolute Gasteiger partial charge is 0.119 e. The van der Waals surface area contributed by atoms with Gasteiger partial charge in [-0.25, -0.2) is 0 Å². The summed E-state index contributed by atoms with van der Waals surface area (Å²) in [5.41, 5.74) is 0. The van der Waals surface area contributed by atoms with Crippen molar-refractivity contribution in [1.82, 2.24) is 0 Å². The van der Waals surface area contributed by atoms with Gasteiger partial charge in [-0.15, -0.1) is 0 Å². The van der Waals surface area contributed by atoms with Crippen LogP contribution >= 0.6 is 0 Å². The van der Waals surface area contributed by atoms with Crippen LogP contribution in [0.25, 0.3) is 0 Å². The molecule has 3 saturated heterocycles. The van der Waals surface area contributed by atoms with E-state index in [1.165, 1.54) is 6.42 Å². The first-order chi connectivity index (χ1) is 19.5. The molecule has 6 rings (SSSR count). The molecule has 0 N–H and O–H groups in total. The molecule has 0 aliphatic carbocycles. The van der Waals surface area contributed by atoms with Crippen molar-refractivity contribution in [3.05, 3.63) is 91.0 Å². The Kier molecular flexibility index (Phi) is 17.2. The predicted molar refractivity (Wildman–Crippen MR) is 162 cm³/mol. The fraction of sp³-hybridized carbons (Fsp3) is 0.471. The highest BCUT2D eigenvalue weighted by molar-refractivity contribution is 5.22. The van der Waals surface area contributed by atoms with Crippen LogP contribution in [0.1, 0.15) is 41.0 Å². The minimum absolute atomic E-state index is 0.343. The van der Waals surface area contributed by atoms with Crippen molar-refractivity contribution >= 4 is 0 Å². The van der Waals surface area contributed by atoms with Gasteiger partial charge >= 0.3 is 0 Å². The van der Waals surface area contributed by atoms with E-state index in [0.29, 0.717) is 38.1 Å². The highest BCUT2D eigenvalue weighted by Crippen LogP contribution is 2.15. The summed E-state index contributed by atoms with van der Waals surface area (Å²) in [6.45, 7) is 15.4. The van der Waals surface area contributed by atoms with E-state index in [1.54, 1.807) is 0 Å². The van der Waals surface area contributed by atoms with E-state index in [9.17, 15) is 0 Å². The average Bonchev–Trinajstić information content (AvgIpc) is 3.83. The molecule has 40 heavy (non-hydrogen) atoms. The molecular formula is C34H48O6. The maximum atomic E-state index is 5.40. The minimum atomic E-state index is 0.343. The second kappa shape index (κ2) is 20.8. The number of hydrogen-bond donors (Lipinski definition) is 0. The third-order valence-electron chi connectivity index (χ3n) is 4.74. The summed E-state index contributed by atoms with van der Waals surface area (Å²) in [6, 6.07) is 29.4. The van der Waals surface area contributed by atoms with Gasteiger partial charge in [-0.3, -0.25) is 0 Å².